The van der Waals surface area contributed by atoms with Gasteiger partial charge in [0, 0.05) is 45.0 Å². The Balaban J connectivity index is 1.95. The maximum absolute atomic E-state index is 12.3. The van der Waals surface area contributed by atoms with E-state index in [1.807, 2.05) is 31.0 Å². The van der Waals surface area contributed by atoms with Crippen LogP contribution in [0.2, 0.25) is 0 Å². The number of amides is 2. The minimum atomic E-state index is 0.0291. The van der Waals surface area contributed by atoms with Crippen molar-refractivity contribution in [3.8, 4) is 0 Å². The minimum Gasteiger partial charge on any atom is -0.343 e. The molecule has 1 saturated heterocycles. The van der Waals surface area contributed by atoms with Gasteiger partial charge in [-0.3, -0.25) is 14.6 Å². The van der Waals surface area contributed by atoms with Crippen LogP contribution in [0.3, 0.4) is 0 Å². The number of likely N-dealkylation sites (tertiary alicyclic amines) is 1. The number of hydrogen-bond donors (Lipinski definition) is 0. The zero-order valence-electron chi connectivity index (χ0n) is 12.3. The summed E-state index contributed by atoms with van der Waals surface area (Å²) in [6, 6.07) is 3.91. The first-order valence-corrected chi connectivity index (χ1v) is 6.94. The summed E-state index contributed by atoms with van der Waals surface area (Å²) >= 11 is 0. The molecule has 108 valence electrons. The van der Waals surface area contributed by atoms with Gasteiger partial charge in [0.15, 0.2) is 0 Å². The largest absolute Gasteiger partial charge is 0.343 e. The molecular weight excluding hydrogens is 254 g/mol. The first kappa shape index (κ1) is 14.5. The van der Waals surface area contributed by atoms with E-state index in [0.29, 0.717) is 18.7 Å². The van der Waals surface area contributed by atoms with E-state index in [4.69, 9.17) is 0 Å². The zero-order valence-corrected chi connectivity index (χ0v) is 12.3. The van der Waals surface area contributed by atoms with Crippen LogP contribution in [0, 0.1) is 6.92 Å². The Labute approximate surface area is 119 Å². The average Bonchev–Trinajstić information content (AvgIpc) is 2.46. The van der Waals surface area contributed by atoms with Gasteiger partial charge in [0.05, 0.1) is 5.56 Å². The first-order valence-electron chi connectivity index (χ1n) is 6.94. The molecule has 20 heavy (non-hydrogen) atoms. The second-order valence-corrected chi connectivity index (χ2v) is 5.34. The van der Waals surface area contributed by atoms with Crippen LogP contribution in [0.25, 0.3) is 0 Å². The van der Waals surface area contributed by atoms with E-state index in [9.17, 15) is 9.59 Å². The molecule has 1 aliphatic heterocycles. The standard InChI is InChI=1S/C15H21N3O2/c1-11-4-5-13(10-16-11)15(20)18-8-6-14(7-9-18)17(3)12(2)19/h4-5,10,14H,6-9H2,1-3H3. The summed E-state index contributed by atoms with van der Waals surface area (Å²) < 4.78 is 0. The van der Waals surface area contributed by atoms with Crippen LogP contribution in [-0.2, 0) is 4.79 Å². The lowest BCUT2D eigenvalue weighted by atomic mass is 10.0. The molecule has 0 aliphatic carbocycles. The highest BCUT2D eigenvalue weighted by Gasteiger charge is 2.26. The fraction of sp³-hybridized carbons (Fsp3) is 0.533. The molecule has 0 saturated carbocycles. The van der Waals surface area contributed by atoms with Crippen molar-refractivity contribution in [1.29, 1.82) is 0 Å². The topological polar surface area (TPSA) is 53.5 Å². The molecule has 0 radical (unpaired) electrons. The van der Waals surface area contributed by atoms with Gasteiger partial charge in [-0.2, -0.15) is 0 Å². The van der Waals surface area contributed by atoms with Gasteiger partial charge in [0.1, 0.15) is 0 Å². The Kier molecular flexibility index (Phi) is 4.37. The minimum absolute atomic E-state index is 0.0291. The van der Waals surface area contributed by atoms with Gasteiger partial charge >= 0.3 is 0 Å². The average molecular weight is 275 g/mol. The third kappa shape index (κ3) is 3.15. The van der Waals surface area contributed by atoms with Crippen molar-refractivity contribution < 1.29 is 9.59 Å². The van der Waals surface area contributed by atoms with Gasteiger partial charge in [0.2, 0.25) is 5.91 Å². The van der Waals surface area contributed by atoms with Crippen molar-refractivity contribution in [1.82, 2.24) is 14.8 Å². The van der Waals surface area contributed by atoms with Crippen molar-refractivity contribution in [3.63, 3.8) is 0 Å². The molecule has 1 aliphatic rings. The predicted molar refractivity (Wildman–Crippen MR) is 76.3 cm³/mol. The highest BCUT2D eigenvalue weighted by atomic mass is 16.2. The van der Waals surface area contributed by atoms with Crippen LogP contribution in [0.1, 0.15) is 35.8 Å². The van der Waals surface area contributed by atoms with E-state index in [1.54, 1.807) is 18.0 Å². The molecule has 1 aromatic heterocycles. The number of piperidine rings is 1. The molecule has 0 atom stereocenters. The summed E-state index contributed by atoms with van der Waals surface area (Å²) in [7, 11) is 1.83. The molecule has 2 rings (SSSR count). The number of nitrogens with zero attached hydrogens (tertiary/aromatic N) is 3. The van der Waals surface area contributed by atoms with Crippen LogP contribution >= 0.6 is 0 Å². The van der Waals surface area contributed by atoms with E-state index < -0.39 is 0 Å². The summed E-state index contributed by atoms with van der Waals surface area (Å²) in [6.07, 6.45) is 3.30. The molecule has 2 amide bonds. The summed E-state index contributed by atoms with van der Waals surface area (Å²) in [5, 5.41) is 0. The van der Waals surface area contributed by atoms with Gasteiger partial charge in [-0.25, -0.2) is 0 Å². The third-order valence-electron chi connectivity index (χ3n) is 3.95. The molecule has 0 aromatic carbocycles. The first-order chi connectivity index (χ1) is 9.49. The lowest BCUT2D eigenvalue weighted by Crippen LogP contribution is -2.46. The summed E-state index contributed by atoms with van der Waals surface area (Å²) in [4.78, 5) is 31.5. The highest BCUT2D eigenvalue weighted by Crippen LogP contribution is 2.17. The molecule has 5 heteroatoms. The normalized spacial score (nSPS) is 16.1. The second kappa shape index (κ2) is 6.03. The second-order valence-electron chi connectivity index (χ2n) is 5.34. The maximum Gasteiger partial charge on any atom is 0.255 e. The highest BCUT2D eigenvalue weighted by molar-refractivity contribution is 5.94. The van der Waals surface area contributed by atoms with Crippen LogP contribution in [-0.4, -0.2) is 52.8 Å². The molecule has 0 spiro atoms. The Bertz CT molecular complexity index is 490. The molecule has 0 unspecified atom stereocenters. The molecule has 5 nitrogen and oxygen atoms in total. The number of pyridine rings is 1. The van der Waals surface area contributed by atoms with Gasteiger partial charge in [-0.1, -0.05) is 0 Å². The van der Waals surface area contributed by atoms with Crippen LogP contribution in [0.5, 0.6) is 0 Å². The number of carbonyl (C=O) groups excluding carboxylic acids is 2. The lowest BCUT2D eigenvalue weighted by Gasteiger charge is -2.36. The Morgan fingerprint density at radius 3 is 2.45 bits per heavy atom. The van der Waals surface area contributed by atoms with Crippen molar-refractivity contribution in [3.05, 3.63) is 29.6 Å². The van der Waals surface area contributed by atoms with Gasteiger partial charge in [-0.05, 0) is 31.9 Å². The zero-order chi connectivity index (χ0) is 14.7. The van der Waals surface area contributed by atoms with Crippen LogP contribution in [0.4, 0.5) is 0 Å². The van der Waals surface area contributed by atoms with Gasteiger partial charge in [0.25, 0.3) is 5.91 Å². The maximum atomic E-state index is 12.3. The Morgan fingerprint density at radius 2 is 1.95 bits per heavy atom. The number of aryl methyl sites for hydroxylation is 1. The fourth-order valence-corrected chi connectivity index (χ4v) is 2.49. The van der Waals surface area contributed by atoms with Crippen molar-refractivity contribution in [2.45, 2.75) is 32.7 Å². The quantitative estimate of drug-likeness (QED) is 0.821. The van der Waals surface area contributed by atoms with E-state index in [1.165, 1.54) is 0 Å². The van der Waals surface area contributed by atoms with E-state index in [0.717, 1.165) is 18.5 Å². The SMILES string of the molecule is CC(=O)N(C)C1CCN(C(=O)c2ccc(C)nc2)CC1. The van der Waals surface area contributed by atoms with Crippen LogP contribution < -0.4 is 0 Å². The molecular formula is C15H21N3O2. The number of aromatic nitrogens is 1. The molecule has 0 N–H and O–H groups in total. The number of rotatable bonds is 2. The van der Waals surface area contributed by atoms with E-state index >= 15 is 0 Å². The van der Waals surface area contributed by atoms with E-state index in [-0.39, 0.29) is 17.9 Å². The smallest absolute Gasteiger partial charge is 0.255 e. The molecule has 1 fully saturated rings. The summed E-state index contributed by atoms with van der Waals surface area (Å²) in [5.41, 5.74) is 1.54. The monoisotopic (exact) mass is 275 g/mol. The fourth-order valence-electron chi connectivity index (χ4n) is 2.49. The Hall–Kier alpha value is -1.91. The number of carbonyl (C=O) groups is 2. The van der Waals surface area contributed by atoms with Crippen molar-refractivity contribution >= 4 is 11.8 Å². The van der Waals surface area contributed by atoms with Crippen molar-refractivity contribution in [2.24, 2.45) is 0 Å². The molecule has 2 heterocycles. The lowest BCUT2D eigenvalue weighted by molar-refractivity contribution is -0.130. The predicted octanol–water partition coefficient (Wildman–Crippen LogP) is 1.47. The molecule has 1 aromatic rings. The van der Waals surface area contributed by atoms with Crippen molar-refractivity contribution in [2.75, 3.05) is 20.1 Å². The van der Waals surface area contributed by atoms with E-state index in [2.05, 4.69) is 4.98 Å². The van der Waals surface area contributed by atoms with Crippen LogP contribution in [0.15, 0.2) is 18.3 Å². The number of hydrogen-bond acceptors (Lipinski definition) is 3. The van der Waals surface area contributed by atoms with Gasteiger partial charge in [-0.15, -0.1) is 0 Å². The molecule has 0 bridgehead atoms. The van der Waals surface area contributed by atoms with Gasteiger partial charge < -0.3 is 9.80 Å². The summed E-state index contributed by atoms with van der Waals surface area (Å²) in [5.74, 6) is 0.110. The Morgan fingerprint density at radius 1 is 1.30 bits per heavy atom. The summed E-state index contributed by atoms with van der Waals surface area (Å²) in [6.45, 7) is 4.86. The third-order valence-corrected chi connectivity index (χ3v) is 3.95.